The van der Waals surface area contributed by atoms with Crippen molar-refractivity contribution in [2.75, 3.05) is 7.11 Å². The lowest BCUT2D eigenvalue weighted by Crippen LogP contribution is -1.98. The summed E-state index contributed by atoms with van der Waals surface area (Å²) < 4.78 is 17.5. The van der Waals surface area contributed by atoms with Gasteiger partial charge in [0.1, 0.15) is 30.5 Å². The van der Waals surface area contributed by atoms with Crippen LogP contribution in [0.25, 0.3) is 35.2 Å². The number of nitrogens with one attached hydrogen (secondary N) is 2. The molecule has 0 saturated heterocycles. The van der Waals surface area contributed by atoms with Gasteiger partial charge >= 0.3 is 0 Å². The quantitative estimate of drug-likeness (QED) is 0.171. The summed E-state index contributed by atoms with van der Waals surface area (Å²) in [6, 6.07) is 29.8. The Bertz CT molecular complexity index is 1820. The molecule has 0 spiro atoms. The van der Waals surface area contributed by atoms with Gasteiger partial charge in [-0.3, -0.25) is 10.1 Å². The van der Waals surface area contributed by atoms with Gasteiger partial charge in [0, 0.05) is 34.9 Å². The number of methoxy groups -OCH3 is 1. The van der Waals surface area contributed by atoms with Crippen LogP contribution in [0.3, 0.4) is 0 Å². The first-order valence-electron chi connectivity index (χ1n) is 13.6. The number of benzene rings is 3. The maximum Gasteiger partial charge on any atom is 0.130 e. The molecule has 0 saturated carbocycles. The van der Waals surface area contributed by atoms with Crippen molar-refractivity contribution in [2.24, 2.45) is 0 Å². The zero-order chi connectivity index (χ0) is 28.6. The van der Waals surface area contributed by atoms with E-state index >= 15 is 0 Å². The molecule has 0 amide bonds. The lowest BCUT2D eigenvalue weighted by molar-refractivity contribution is 0.299. The summed E-state index contributed by atoms with van der Waals surface area (Å²) in [6.45, 7) is 0.923. The van der Waals surface area contributed by atoms with Crippen molar-refractivity contribution in [3.05, 3.63) is 137 Å². The first kappa shape index (κ1) is 26.7. The molecule has 0 unspecified atom stereocenters. The summed E-state index contributed by atoms with van der Waals surface area (Å²) in [5.41, 5.74) is 6.75. The van der Waals surface area contributed by atoms with E-state index in [9.17, 15) is 0 Å². The second-order valence-corrected chi connectivity index (χ2v) is 9.65. The molecule has 6 rings (SSSR count). The van der Waals surface area contributed by atoms with E-state index in [0.717, 1.165) is 61.9 Å². The molecule has 3 heterocycles. The normalized spacial score (nSPS) is 11.5. The lowest BCUT2D eigenvalue weighted by atomic mass is 10.1. The number of hydrogen-bond acceptors (Lipinski definition) is 5. The maximum atomic E-state index is 6.03. The average Bonchev–Trinajstić information content (AvgIpc) is 3.68. The van der Waals surface area contributed by atoms with Gasteiger partial charge in [-0.05, 0) is 77.9 Å². The van der Waals surface area contributed by atoms with Crippen molar-refractivity contribution in [3.8, 4) is 17.2 Å². The zero-order valence-electron chi connectivity index (χ0n) is 23.2. The highest BCUT2D eigenvalue weighted by molar-refractivity contribution is 5.92. The van der Waals surface area contributed by atoms with Gasteiger partial charge < -0.3 is 19.2 Å². The van der Waals surface area contributed by atoms with E-state index in [-0.39, 0.29) is 0 Å². The van der Waals surface area contributed by atoms with Crippen LogP contribution >= 0.6 is 0 Å². The van der Waals surface area contributed by atoms with E-state index in [1.54, 1.807) is 13.3 Å². The van der Waals surface area contributed by atoms with Gasteiger partial charge in [0.2, 0.25) is 0 Å². The summed E-state index contributed by atoms with van der Waals surface area (Å²) in [5.74, 6) is 2.27. The molecule has 208 valence electrons. The molecule has 0 fully saturated rings. The third kappa shape index (κ3) is 6.59. The Hall–Kier alpha value is -5.56. The van der Waals surface area contributed by atoms with Crippen molar-refractivity contribution in [2.45, 2.75) is 13.2 Å². The number of aromatic nitrogens is 4. The third-order valence-corrected chi connectivity index (χ3v) is 6.74. The smallest absolute Gasteiger partial charge is 0.130 e. The Morgan fingerprint density at radius 2 is 1.55 bits per heavy atom. The minimum Gasteiger partial charge on any atom is -0.496 e. The fourth-order valence-corrected chi connectivity index (χ4v) is 4.53. The Morgan fingerprint density at radius 1 is 0.738 bits per heavy atom. The molecule has 6 aromatic rings. The van der Waals surface area contributed by atoms with Crippen molar-refractivity contribution < 1.29 is 14.2 Å². The Balaban J connectivity index is 1.10. The molecule has 0 aliphatic carbocycles. The molecular formula is C35H30N4O3. The molecule has 3 aromatic carbocycles. The number of hydrogen-bond donors (Lipinski definition) is 2. The number of nitrogens with zero attached hydrogens (tertiary/aromatic N) is 2. The Labute approximate surface area is 244 Å². The van der Waals surface area contributed by atoms with Gasteiger partial charge in [0.05, 0.1) is 24.2 Å². The highest BCUT2D eigenvalue weighted by Crippen LogP contribution is 2.28. The van der Waals surface area contributed by atoms with Gasteiger partial charge in [-0.2, -0.15) is 5.10 Å². The molecule has 0 atom stereocenters. The van der Waals surface area contributed by atoms with E-state index < -0.39 is 0 Å². The second-order valence-electron chi connectivity index (χ2n) is 9.65. The number of rotatable bonds is 11. The lowest BCUT2D eigenvalue weighted by Gasteiger charge is -2.09. The van der Waals surface area contributed by atoms with Crippen molar-refractivity contribution >= 4 is 35.2 Å². The van der Waals surface area contributed by atoms with Crippen LogP contribution < -0.4 is 14.2 Å². The van der Waals surface area contributed by atoms with Gasteiger partial charge in [-0.15, -0.1) is 0 Å². The fraction of sp³-hybridized carbons (Fsp3) is 0.0857. The average molecular weight is 555 g/mol. The van der Waals surface area contributed by atoms with Crippen LogP contribution in [0.5, 0.6) is 17.2 Å². The first-order valence-corrected chi connectivity index (χ1v) is 13.6. The van der Waals surface area contributed by atoms with E-state index in [1.165, 1.54) is 0 Å². The molecule has 0 aliphatic heterocycles. The van der Waals surface area contributed by atoms with Crippen molar-refractivity contribution in [3.63, 3.8) is 0 Å². The number of aromatic amines is 2. The van der Waals surface area contributed by atoms with Gasteiger partial charge in [-0.1, -0.05) is 42.5 Å². The van der Waals surface area contributed by atoms with Crippen LogP contribution in [-0.2, 0) is 13.2 Å². The van der Waals surface area contributed by atoms with E-state index in [2.05, 4.69) is 44.4 Å². The summed E-state index contributed by atoms with van der Waals surface area (Å²) in [6.07, 6.45) is 11.7. The molecule has 42 heavy (non-hydrogen) atoms. The zero-order valence-corrected chi connectivity index (χ0v) is 23.2. The third-order valence-electron chi connectivity index (χ3n) is 6.74. The molecule has 2 N–H and O–H groups in total. The summed E-state index contributed by atoms with van der Waals surface area (Å²) in [7, 11) is 1.65. The maximum absolute atomic E-state index is 6.03. The monoisotopic (exact) mass is 554 g/mol. The highest BCUT2D eigenvalue weighted by atomic mass is 16.5. The number of fused-ring (bicyclic) bond motifs is 1. The topological polar surface area (TPSA) is 85.1 Å². The number of pyridine rings is 1. The highest BCUT2D eigenvalue weighted by Gasteiger charge is 2.06. The molecule has 0 radical (unpaired) electrons. The second kappa shape index (κ2) is 12.7. The predicted molar refractivity (Wildman–Crippen MR) is 167 cm³/mol. The Morgan fingerprint density at radius 3 is 2.40 bits per heavy atom. The van der Waals surface area contributed by atoms with Gasteiger partial charge in [0.15, 0.2) is 0 Å². The minimum atomic E-state index is 0.394. The van der Waals surface area contributed by atoms with E-state index in [1.807, 2.05) is 97.2 Å². The minimum absolute atomic E-state index is 0.394. The summed E-state index contributed by atoms with van der Waals surface area (Å²) >= 11 is 0. The van der Waals surface area contributed by atoms with E-state index in [0.29, 0.717) is 13.2 Å². The molecule has 3 aromatic heterocycles. The summed E-state index contributed by atoms with van der Waals surface area (Å²) in [4.78, 5) is 7.62. The van der Waals surface area contributed by atoms with Crippen LogP contribution in [0.1, 0.15) is 33.8 Å². The summed E-state index contributed by atoms with van der Waals surface area (Å²) in [5, 5.41) is 8.62. The van der Waals surface area contributed by atoms with Crippen LogP contribution in [-0.4, -0.2) is 27.3 Å². The SMILES string of the molecule is COc1cc(OCc2ccccn2)ccc1C=Cc1cc(C=Cc2c[nH]c3ccc(OCc4ccccc4)cc23)n[nH]1. The van der Waals surface area contributed by atoms with Crippen LogP contribution in [0.2, 0.25) is 0 Å². The van der Waals surface area contributed by atoms with E-state index in [4.69, 9.17) is 14.2 Å². The van der Waals surface area contributed by atoms with Crippen molar-refractivity contribution in [1.82, 2.24) is 20.2 Å². The van der Waals surface area contributed by atoms with Gasteiger partial charge in [-0.25, -0.2) is 0 Å². The van der Waals surface area contributed by atoms with Crippen LogP contribution in [0.15, 0.2) is 103 Å². The number of H-pyrrole nitrogens is 2. The number of ether oxygens (including phenoxy) is 3. The fourth-order valence-electron chi connectivity index (χ4n) is 4.53. The first-order chi connectivity index (χ1) is 20.7. The molecular weight excluding hydrogens is 524 g/mol. The molecule has 7 heteroatoms. The largest absolute Gasteiger partial charge is 0.496 e. The standard InChI is InChI=1S/C35H30N4O3/c1-40-35-21-32(42-24-30-9-5-6-18-36-30)15-12-26(35)10-13-28-19-29(39-38-28)14-11-27-22-37-34-17-16-31(20-33(27)34)41-23-25-7-3-2-4-8-25/h2-22,37H,23-24H2,1H3,(H,38,39). The van der Waals surface area contributed by atoms with Crippen LogP contribution in [0.4, 0.5) is 0 Å². The molecule has 7 nitrogen and oxygen atoms in total. The Kier molecular flexibility index (Phi) is 8.08. The van der Waals surface area contributed by atoms with Gasteiger partial charge in [0.25, 0.3) is 0 Å². The molecule has 0 aliphatic rings. The van der Waals surface area contributed by atoms with Crippen molar-refractivity contribution in [1.29, 1.82) is 0 Å². The van der Waals surface area contributed by atoms with Crippen LogP contribution in [0, 0.1) is 0 Å². The predicted octanol–water partition coefficient (Wildman–Crippen LogP) is 7.79. The molecule has 0 bridgehead atoms.